The fourth-order valence-corrected chi connectivity index (χ4v) is 2.04. The van der Waals surface area contributed by atoms with Crippen LogP contribution < -0.4 is 0 Å². The Bertz CT molecular complexity index is 463. The van der Waals surface area contributed by atoms with E-state index >= 15 is 0 Å². The van der Waals surface area contributed by atoms with Gasteiger partial charge in [-0.15, -0.1) is 0 Å². The van der Waals surface area contributed by atoms with Gasteiger partial charge in [-0.25, -0.2) is 0 Å². The summed E-state index contributed by atoms with van der Waals surface area (Å²) in [4.78, 5) is 13.8. The third-order valence-electron chi connectivity index (χ3n) is 2.89. The van der Waals surface area contributed by atoms with Crippen LogP contribution in [-0.4, -0.2) is 44.4 Å². The normalized spacial score (nSPS) is 11.7. The predicted octanol–water partition coefficient (Wildman–Crippen LogP) is 1.77. The molecule has 0 fully saturated rings. The average Bonchev–Trinajstić information content (AvgIpc) is 2.52. The number of carbonyl (C=O) groups is 1. The topological polar surface area (TPSA) is 58.4 Å². The summed E-state index contributed by atoms with van der Waals surface area (Å²) in [5.74, 6) is -0.0770. The minimum atomic E-state index is -0.904. The molecule has 19 heavy (non-hydrogen) atoms. The lowest BCUT2D eigenvalue weighted by Crippen LogP contribution is -2.43. The van der Waals surface area contributed by atoms with Gasteiger partial charge >= 0.3 is 0 Å². The Morgan fingerprint density at radius 3 is 2.42 bits per heavy atom. The summed E-state index contributed by atoms with van der Waals surface area (Å²) in [7, 11) is 0. The maximum absolute atomic E-state index is 12.2. The average molecular weight is 288 g/mol. The first-order chi connectivity index (χ1) is 8.65. The van der Waals surface area contributed by atoms with Gasteiger partial charge in [0.05, 0.1) is 22.0 Å². The number of carbonyl (C=O) groups excluding carboxylic acids is 1. The van der Waals surface area contributed by atoms with Crippen LogP contribution >= 0.6 is 11.6 Å². The Morgan fingerprint density at radius 2 is 2.05 bits per heavy atom. The van der Waals surface area contributed by atoms with E-state index in [1.807, 2.05) is 20.8 Å². The van der Waals surface area contributed by atoms with E-state index in [2.05, 4.69) is 5.10 Å². The molecule has 0 atom stereocenters. The van der Waals surface area contributed by atoms with Crippen molar-refractivity contribution in [3.63, 3.8) is 0 Å². The molecule has 108 valence electrons. The van der Waals surface area contributed by atoms with Gasteiger partial charge in [-0.2, -0.15) is 5.10 Å². The Labute approximate surface area is 119 Å². The van der Waals surface area contributed by atoms with Gasteiger partial charge < -0.3 is 10.0 Å². The molecule has 0 saturated carbocycles. The molecule has 0 aliphatic carbocycles. The lowest BCUT2D eigenvalue weighted by atomic mass is 10.1. The maximum atomic E-state index is 12.2. The third-order valence-corrected chi connectivity index (χ3v) is 3.44. The molecule has 1 rings (SSSR count). The van der Waals surface area contributed by atoms with E-state index < -0.39 is 5.60 Å². The van der Waals surface area contributed by atoms with Gasteiger partial charge in [0.1, 0.15) is 6.54 Å². The van der Waals surface area contributed by atoms with Gasteiger partial charge in [-0.05, 0) is 34.6 Å². The molecule has 0 saturated heterocycles. The van der Waals surface area contributed by atoms with E-state index in [9.17, 15) is 9.90 Å². The van der Waals surface area contributed by atoms with E-state index in [0.717, 1.165) is 11.4 Å². The molecule has 0 spiro atoms. The van der Waals surface area contributed by atoms with Crippen molar-refractivity contribution < 1.29 is 9.90 Å². The second-order valence-corrected chi connectivity index (χ2v) is 5.74. The lowest BCUT2D eigenvalue weighted by Gasteiger charge is -2.28. The largest absolute Gasteiger partial charge is 0.389 e. The molecular formula is C13H22ClN3O2. The summed E-state index contributed by atoms with van der Waals surface area (Å²) in [6.07, 6.45) is 0. The van der Waals surface area contributed by atoms with Gasteiger partial charge in [-0.3, -0.25) is 9.48 Å². The molecule has 0 aliphatic heterocycles. The van der Waals surface area contributed by atoms with Crippen molar-refractivity contribution in [2.45, 2.75) is 46.8 Å². The molecule has 0 unspecified atom stereocenters. The van der Waals surface area contributed by atoms with Gasteiger partial charge in [0.25, 0.3) is 0 Å². The molecule has 0 bridgehead atoms. The third kappa shape index (κ3) is 4.21. The number of rotatable bonds is 5. The van der Waals surface area contributed by atoms with E-state index in [1.165, 1.54) is 0 Å². The summed E-state index contributed by atoms with van der Waals surface area (Å²) in [5, 5.41) is 14.6. The Balaban J connectivity index is 2.80. The van der Waals surface area contributed by atoms with Crippen molar-refractivity contribution in [1.82, 2.24) is 14.7 Å². The molecule has 1 amide bonds. The highest BCUT2D eigenvalue weighted by Crippen LogP contribution is 2.19. The molecular weight excluding hydrogens is 266 g/mol. The van der Waals surface area contributed by atoms with E-state index in [0.29, 0.717) is 18.1 Å². The molecule has 5 nitrogen and oxygen atoms in total. The Kier molecular flexibility index (Phi) is 4.98. The first-order valence-electron chi connectivity index (χ1n) is 6.35. The molecule has 1 heterocycles. The minimum absolute atomic E-state index is 0.0770. The molecule has 0 aromatic carbocycles. The quantitative estimate of drug-likeness (QED) is 0.898. The zero-order valence-electron chi connectivity index (χ0n) is 12.2. The second kappa shape index (κ2) is 5.92. The number of aliphatic hydroxyl groups is 1. The van der Waals surface area contributed by atoms with Gasteiger partial charge in [0.2, 0.25) is 5.91 Å². The number of hydrogen-bond donors (Lipinski definition) is 1. The molecule has 1 aromatic heterocycles. The fraction of sp³-hybridized carbons (Fsp3) is 0.692. The predicted molar refractivity (Wildman–Crippen MR) is 75.3 cm³/mol. The molecule has 0 aliphatic rings. The summed E-state index contributed by atoms with van der Waals surface area (Å²) in [5.41, 5.74) is 0.600. The highest BCUT2D eigenvalue weighted by molar-refractivity contribution is 6.31. The standard InChI is InChI=1S/C13H22ClN3O2/c1-6-16(8-13(4,5)19)11(18)7-17-10(3)12(14)9(2)15-17/h19H,6-8H2,1-5H3. The monoisotopic (exact) mass is 287 g/mol. The van der Waals surface area contributed by atoms with Crippen LogP contribution in [0.25, 0.3) is 0 Å². The summed E-state index contributed by atoms with van der Waals surface area (Å²) < 4.78 is 1.60. The van der Waals surface area contributed by atoms with Crippen LogP contribution in [0.1, 0.15) is 32.2 Å². The van der Waals surface area contributed by atoms with Crippen LogP contribution in [0.4, 0.5) is 0 Å². The lowest BCUT2D eigenvalue weighted by molar-refractivity contribution is -0.134. The second-order valence-electron chi connectivity index (χ2n) is 5.36. The van der Waals surface area contributed by atoms with Crippen molar-refractivity contribution in [2.24, 2.45) is 0 Å². The Morgan fingerprint density at radius 1 is 1.47 bits per heavy atom. The molecule has 1 aromatic rings. The van der Waals surface area contributed by atoms with Crippen molar-refractivity contribution in [1.29, 1.82) is 0 Å². The van der Waals surface area contributed by atoms with Crippen molar-refractivity contribution >= 4 is 17.5 Å². The minimum Gasteiger partial charge on any atom is -0.389 e. The van der Waals surface area contributed by atoms with Gasteiger partial charge in [0.15, 0.2) is 0 Å². The zero-order valence-corrected chi connectivity index (χ0v) is 13.0. The smallest absolute Gasteiger partial charge is 0.244 e. The van der Waals surface area contributed by atoms with E-state index in [-0.39, 0.29) is 12.5 Å². The van der Waals surface area contributed by atoms with E-state index in [4.69, 9.17) is 11.6 Å². The summed E-state index contributed by atoms with van der Waals surface area (Å²) in [6.45, 7) is 9.89. The first-order valence-corrected chi connectivity index (χ1v) is 6.73. The number of halogens is 1. The highest BCUT2D eigenvalue weighted by atomic mass is 35.5. The van der Waals surface area contributed by atoms with Crippen LogP contribution in [0.2, 0.25) is 5.02 Å². The van der Waals surface area contributed by atoms with Crippen molar-refractivity contribution in [3.8, 4) is 0 Å². The van der Waals surface area contributed by atoms with Crippen LogP contribution in [0.15, 0.2) is 0 Å². The molecule has 6 heteroatoms. The highest BCUT2D eigenvalue weighted by Gasteiger charge is 2.22. The van der Waals surface area contributed by atoms with Crippen molar-refractivity contribution in [3.05, 3.63) is 16.4 Å². The fourth-order valence-electron chi connectivity index (χ4n) is 1.90. The number of aryl methyl sites for hydroxylation is 1. The van der Waals surface area contributed by atoms with Crippen LogP contribution in [0.5, 0.6) is 0 Å². The zero-order chi connectivity index (χ0) is 14.8. The van der Waals surface area contributed by atoms with E-state index in [1.54, 1.807) is 23.4 Å². The number of nitrogens with zero attached hydrogens (tertiary/aromatic N) is 3. The summed E-state index contributed by atoms with van der Waals surface area (Å²) >= 11 is 6.05. The number of aromatic nitrogens is 2. The van der Waals surface area contributed by atoms with Crippen LogP contribution in [0.3, 0.4) is 0 Å². The molecule has 0 radical (unpaired) electrons. The first kappa shape index (κ1) is 16.0. The van der Waals surface area contributed by atoms with Gasteiger partial charge in [0, 0.05) is 13.1 Å². The van der Waals surface area contributed by atoms with Crippen molar-refractivity contribution in [2.75, 3.05) is 13.1 Å². The number of hydrogen-bond acceptors (Lipinski definition) is 3. The van der Waals surface area contributed by atoms with Gasteiger partial charge in [-0.1, -0.05) is 11.6 Å². The molecule has 1 N–H and O–H groups in total. The SMILES string of the molecule is CCN(CC(C)(C)O)C(=O)Cn1nc(C)c(Cl)c1C. The maximum Gasteiger partial charge on any atom is 0.244 e. The Hall–Kier alpha value is -1.07. The summed E-state index contributed by atoms with van der Waals surface area (Å²) in [6, 6.07) is 0. The van der Waals surface area contributed by atoms with Crippen LogP contribution in [0, 0.1) is 13.8 Å². The number of amides is 1. The van der Waals surface area contributed by atoms with Crippen LogP contribution in [-0.2, 0) is 11.3 Å². The number of likely N-dealkylation sites (N-methyl/N-ethyl adjacent to an activating group) is 1.